The molecule has 42 heavy (non-hydrogen) atoms. The van der Waals surface area contributed by atoms with Crippen LogP contribution in [0.1, 0.15) is 38.0 Å². The first kappa shape index (κ1) is 32.1. The molecule has 4 aromatic rings. The first-order chi connectivity index (χ1) is 20.1. The van der Waals surface area contributed by atoms with Crippen molar-refractivity contribution < 1.29 is 17.6 Å². The molecule has 3 N–H and O–H groups in total. The van der Waals surface area contributed by atoms with Gasteiger partial charge in [0.2, 0.25) is 10.0 Å². The van der Waals surface area contributed by atoms with Gasteiger partial charge in [0.1, 0.15) is 12.4 Å². The molecule has 0 fully saturated rings. The SMILES string of the molecule is CC[Si](CC)(CC)OC(CNCCOc1ccc2c(C)c(-c3ccccc3)[nH]c2c1)c1ccc(Cl)c(NS(C)(=O)=O)c1. The highest BCUT2D eigenvalue weighted by molar-refractivity contribution is 7.92. The molecular weight excluding hydrogens is 586 g/mol. The summed E-state index contributed by atoms with van der Waals surface area (Å²) in [5.41, 5.74) is 5.79. The van der Waals surface area contributed by atoms with E-state index < -0.39 is 18.3 Å². The second-order valence-corrected chi connectivity index (χ2v) is 17.6. The van der Waals surface area contributed by atoms with Gasteiger partial charge in [-0.25, -0.2) is 8.42 Å². The lowest BCUT2D eigenvalue weighted by atomic mass is 10.1. The number of ether oxygens (including phenoxy) is 1. The summed E-state index contributed by atoms with van der Waals surface area (Å²) >= 11 is 6.31. The molecular formula is C32H42ClN3O4SSi. The van der Waals surface area contributed by atoms with E-state index in [9.17, 15) is 8.42 Å². The molecule has 3 aromatic carbocycles. The first-order valence-electron chi connectivity index (χ1n) is 14.5. The maximum Gasteiger partial charge on any atom is 0.229 e. The molecule has 1 unspecified atom stereocenters. The highest BCUT2D eigenvalue weighted by Gasteiger charge is 2.32. The predicted octanol–water partition coefficient (Wildman–Crippen LogP) is 7.90. The van der Waals surface area contributed by atoms with Crippen molar-refractivity contribution in [1.82, 2.24) is 10.3 Å². The molecule has 0 bridgehead atoms. The number of aryl methyl sites for hydroxylation is 1. The summed E-state index contributed by atoms with van der Waals surface area (Å²) in [6.45, 7) is 10.4. The number of benzene rings is 3. The molecule has 0 radical (unpaired) electrons. The molecule has 1 heterocycles. The Morgan fingerprint density at radius 1 is 0.976 bits per heavy atom. The number of anilines is 1. The number of sulfonamides is 1. The monoisotopic (exact) mass is 627 g/mol. The molecule has 0 saturated carbocycles. The Hall–Kier alpha value is -2.82. The summed E-state index contributed by atoms with van der Waals surface area (Å²) in [6.07, 6.45) is 0.870. The Morgan fingerprint density at radius 2 is 1.69 bits per heavy atom. The zero-order valence-corrected chi connectivity index (χ0v) is 27.7. The third-order valence-electron chi connectivity index (χ3n) is 7.95. The van der Waals surface area contributed by atoms with Crippen molar-refractivity contribution in [2.75, 3.05) is 30.7 Å². The molecule has 7 nitrogen and oxygen atoms in total. The van der Waals surface area contributed by atoms with Crippen LogP contribution in [0.4, 0.5) is 5.69 Å². The lowest BCUT2D eigenvalue weighted by molar-refractivity contribution is 0.183. The number of hydrogen-bond acceptors (Lipinski definition) is 5. The van der Waals surface area contributed by atoms with E-state index in [1.54, 1.807) is 12.1 Å². The Kier molecular flexibility index (Phi) is 10.8. The predicted molar refractivity (Wildman–Crippen MR) is 178 cm³/mol. The summed E-state index contributed by atoms with van der Waals surface area (Å²) in [5, 5.41) is 5.03. The minimum Gasteiger partial charge on any atom is -0.492 e. The van der Waals surface area contributed by atoms with Crippen molar-refractivity contribution in [3.8, 4) is 17.0 Å². The van der Waals surface area contributed by atoms with E-state index in [4.69, 9.17) is 20.8 Å². The lowest BCUT2D eigenvalue weighted by Gasteiger charge is -2.34. The van der Waals surface area contributed by atoms with Crippen LogP contribution in [-0.2, 0) is 14.4 Å². The number of hydrogen-bond donors (Lipinski definition) is 3. The van der Waals surface area contributed by atoms with Crippen LogP contribution in [0.5, 0.6) is 5.75 Å². The molecule has 0 aliphatic carbocycles. The van der Waals surface area contributed by atoms with Crippen molar-refractivity contribution in [3.05, 3.63) is 82.9 Å². The maximum atomic E-state index is 11.9. The van der Waals surface area contributed by atoms with Crippen LogP contribution in [-0.4, -0.2) is 47.7 Å². The van der Waals surface area contributed by atoms with Gasteiger partial charge in [-0.2, -0.15) is 0 Å². The molecule has 1 atom stereocenters. The molecule has 0 amide bonds. The summed E-state index contributed by atoms with van der Waals surface area (Å²) in [5.74, 6) is 0.807. The smallest absolute Gasteiger partial charge is 0.229 e. The van der Waals surface area contributed by atoms with Crippen molar-refractivity contribution in [1.29, 1.82) is 0 Å². The van der Waals surface area contributed by atoms with Gasteiger partial charge < -0.3 is 19.5 Å². The van der Waals surface area contributed by atoms with E-state index in [-0.39, 0.29) is 6.10 Å². The van der Waals surface area contributed by atoms with E-state index >= 15 is 0 Å². The van der Waals surface area contributed by atoms with Crippen LogP contribution < -0.4 is 14.8 Å². The van der Waals surface area contributed by atoms with Gasteiger partial charge in [0, 0.05) is 35.8 Å². The standard InChI is InChI=1S/C32H42ClN3O4SSi/c1-6-42(7-2,8-3)40-31(25-14-17-28(33)30(20-25)36-41(5,37)38)22-34-18-19-39-26-15-16-27-23(4)32(35-29(27)21-26)24-12-10-9-11-13-24/h9-17,20-21,31,34-36H,6-8,18-19,22H2,1-5H3. The average Bonchev–Trinajstić information content (AvgIpc) is 3.31. The van der Waals surface area contributed by atoms with Gasteiger partial charge in [0.25, 0.3) is 0 Å². The second-order valence-electron chi connectivity index (χ2n) is 10.7. The van der Waals surface area contributed by atoms with E-state index in [1.165, 1.54) is 10.9 Å². The molecule has 0 spiro atoms. The van der Waals surface area contributed by atoms with Gasteiger partial charge in [0.05, 0.1) is 23.1 Å². The van der Waals surface area contributed by atoms with Gasteiger partial charge in [-0.1, -0.05) is 68.8 Å². The maximum absolute atomic E-state index is 11.9. The van der Waals surface area contributed by atoms with Crippen LogP contribution in [0, 0.1) is 6.92 Å². The molecule has 4 rings (SSSR count). The fraction of sp³-hybridized carbons (Fsp3) is 0.375. The summed E-state index contributed by atoms with van der Waals surface area (Å²) < 4.78 is 39.3. The summed E-state index contributed by atoms with van der Waals surface area (Å²) in [4.78, 5) is 3.56. The zero-order chi connectivity index (χ0) is 30.3. The molecule has 0 aliphatic rings. The van der Waals surface area contributed by atoms with E-state index in [0.29, 0.717) is 30.4 Å². The van der Waals surface area contributed by atoms with Crippen molar-refractivity contribution in [2.24, 2.45) is 0 Å². The molecule has 0 aliphatic heterocycles. The largest absolute Gasteiger partial charge is 0.492 e. The van der Waals surface area contributed by atoms with Crippen molar-refractivity contribution in [3.63, 3.8) is 0 Å². The molecule has 1 aromatic heterocycles. The van der Waals surface area contributed by atoms with Crippen molar-refractivity contribution >= 4 is 46.5 Å². The third-order valence-corrected chi connectivity index (χ3v) is 13.5. The van der Waals surface area contributed by atoms with Gasteiger partial charge in [-0.15, -0.1) is 0 Å². The number of halogens is 1. The van der Waals surface area contributed by atoms with Crippen molar-refractivity contribution in [2.45, 2.75) is 51.9 Å². The van der Waals surface area contributed by atoms with Gasteiger partial charge in [-0.05, 0) is 66.0 Å². The van der Waals surface area contributed by atoms with Gasteiger partial charge in [-0.3, -0.25) is 4.72 Å². The van der Waals surface area contributed by atoms with E-state index in [0.717, 1.165) is 52.5 Å². The number of nitrogens with one attached hydrogen (secondary N) is 3. The fourth-order valence-electron chi connectivity index (χ4n) is 5.32. The quantitative estimate of drug-likeness (QED) is 0.0920. The third kappa shape index (κ3) is 7.96. The Labute approximate surface area is 256 Å². The number of aromatic amines is 1. The number of aromatic nitrogens is 1. The molecule has 0 saturated heterocycles. The van der Waals surface area contributed by atoms with Crippen LogP contribution >= 0.6 is 11.6 Å². The molecule has 226 valence electrons. The van der Waals surface area contributed by atoms with Crippen LogP contribution in [0.2, 0.25) is 23.2 Å². The normalized spacial score (nSPS) is 12.9. The zero-order valence-electron chi connectivity index (χ0n) is 25.1. The van der Waals surface area contributed by atoms with Gasteiger partial charge in [0.15, 0.2) is 8.32 Å². The Morgan fingerprint density at radius 3 is 2.36 bits per heavy atom. The number of rotatable bonds is 15. The minimum absolute atomic E-state index is 0.247. The lowest BCUT2D eigenvalue weighted by Crippen LogP contribution is -2.40. The topological polar surface area (TPSA) is 92.4 Å². The Bertz CT molecular complexity index is 1580. The summed E-state index contributed by atoms with van der Waals surface area (Å²) in [6, 6.07) is 24.9. The van der Waals surface area contributed by atoms with Crippen LogP contribution in [0.25, 0.3) is 22.2 Å². The Balaban J connectivity index is 1.43. The first-order valence-corrected chi connectivity index (χ1v) is 19.3. The van der Waals surface area contributed by atoms with Crippen LogP contribution in [0.15, 0.2) is 66.7 Å². The number of fused-ring (bicyclic) bond motifs is 1. The van der Waals surface area contributed by atoms with Gasteiger partial charge >= 0.3 is 0 Å². The highest BCUT2D eigenvalue weighted by Crippen LogP contribution is 2.34. The molecule has 10 heteroatoms. The van der Waals surface area contributed by atoms with Crippen LogP contribution in [0.3, 0.4) is 0 Å². The average molecular weight is 628 g/mol. The summed E-state index contributed by atoms with van der Waals surface area (Å²) in [7, 11) is -5.43. The number of H-pyrrole nitrogens is 1. The van der Waals surface area contributed by atoms with E-state index in [2.05, 4.69) is 67.0 Å². The fourth-order valence-corrected chi connectivity index (χ4v) is 8.94. The minimum atomic E-state index is -3.47. The van der Waals surface area contributed by atoms with E-state index in [1.807, 2.05) is 30.3 Å². The highest BCUT2D eigenvalue weighted by atomic mass is 35.5. The second kappa shape index (κ2) is 14.1.